The molecule has 1 aromatic carbocycles. The molecule has 5 rings (SSSR count). The average Bonchev–Trinajstić information content (AvgIpc) is 2.96. The molecule has 0 aliphatic carbocycles. The maximum Gasteiger partial charge on any atom is 0.251 e. The van der Waals surface area contributed by atoms with Crippen LogP contribution in [0, 0.1) is 5.92 Å². The third-order valence-corrected chi connectivity index (χ3v) is 4.68. The molecular formula is C15H18N4O. The number of piperidine rings is 3. The van der Waals surface area contributed by atoms with Crippen molar-refractivity contribution in [2.24, 2.45) is 5.92 Å². The number of rotatable bonds is 2. The Labute approximate surface area is 117 Å². The summed E-state index contributed by atoms with van der Waals surface area (Å²) in [5, 5.41) is 11.1. The number of fused-ring (bicyclic) bond motifs is 4. The van der Waals surface area contributed by atoms with E-state index >= 15 is 0 Å². The van der Waals surface area contributed by atoms with Gasteiger partial charge in [-0.05, 0) is 44.0 Å². The minimum Gasteiger partial charge on any atom is -0.348 e. The van der Waals surface area contributed by atoms with Gasteiger partial charge in [0.1, 0.15) is 0 Å². The molecule has 4 heterocycles. The molecular weight excluding hydrogens is 252 g/mol. The summed E-state index contributed by atoms with van der Waals surface area (Å²) in [6, 6.07) is 5.99. The second-order valence-electron chi connectivity index (χ2n) is 5.89. The van der Waals surface area contributed by atoms with Crippen molar-refractivity contribution in [1.82, 2.24) is 20.4 Å². The van der Waals surface area contributed by atoms with E-state index in [1.165, 1.54) is 25.9 Å². The summed E-state index contributed by atoms with van der Waals surface area (Å²) < 4.78 is 0. The van der Waals surface area contributed by atoms with Crippen LogP contribution in [-0.4, -0.2) is 46.7 Å². The fourth-order valence-corrected chi connectivity index (χ4v) is 3.46. The molecule has 3 fully saturated rings. The normalized spacial score (nSPS) is 28.7. The van der Waals surface area contributed by atoms with Gasteiger partial charge in [-0.3, -0.25) is 9.89 Å². The van der Waals surface area contributed by atoms with Gasteiger partial charge in [-0.1, -0.05) is 6.07 Å². The molecule has 1 amide bonds. The van der Waals surface area contributed by atoms with E-state index in [0.29, 0.717) is 17.5 Å². The van der Waals surface area contributed by atoms with Gasteiger partial charge in [-0.2, -0.15) is 5.10 Å². The first kappa shape index (κ1) is 11.9. The van der Waals surface area contributed by atoms with E-state index in [9.17, 15) is 4.79 Å². The van der Waals surface area contributed by atoms with Crippen molar-refractivity contribution in [3.05, 3.63) is 30.0 Å². The zero-order chi connectivity index (χ0) is 13.5. The predicted octanol–water partition coefficient (Wildman–Crippen LogP) is 1.39. The fraction of sp³-hybridized carbons (Fsp3) is 0.467. The van der Waals surface area contributed by atoms with Crippen LogP contribution in [0.15, 0.2) is 24.4 Å². The van der Waals surface area contributed by atoms with Gasteiger partial charge in [-0.25, -0.2) is 0 Å². The first-order chi connectivity index (χ1) is 9.79. The number of nitrogens with one attached hydrogen (secondary N) is 2. The Morgan fingerprint density at radius 2 is 2.20 bits per heavy atom. The maximum atomic E-state index is 12.4. The molecule has 3 saturated heterocycles. The highest BCUT2D eigenvalue weighted by molar-refractivity contribution is 5.97. The molecule has 2 aromatic rings. The molecule has 0 spiro atoms. The summed E-state index contributed by atoms with van der Waals surface area (Å²) in [5.74, 6) is 0.681. The van der Waals surface area contributed by atoms with Crippen LogP contribution in [0.2, 0.25) is 0 Å². The van der Waals surface area contributed by atoms with Gasteiger partial charge in [0.25, 0.3) is 5.91 Å². The monoisotopic (exact) mass is 270 g/mol. The van der Waals surface area contributed by atoms with Gasteiger partial charge < -0.3 is 10.2 Å². The molecule has 1 atom stereocenters. The van der Waals surface area contributed by atoms with E-state index in [0.717, 1.165) is 17.4 Å². The van der Waals surface area contributed by atoms with Crippen molar-refractivity contribution in [2.45, 2.75) is 18.9 Å². The second-order valence-corrected chi connectivity index (χ2v) is 5.89. The minimum absolute atomic E-state index is 0.0280. The Hall–Kier alpha value is -1.88. The van der Waals surface area contributed by atoms with Crippen molar-refractivity contribution >= 4 is 16.8 Å². The third-order valence-electron chi connectivity index (χ3n) is 4.68. The summed E-state index contributed by atoms with van der Waals surface area (Å²) in [5.41, 5.74) is 1.62. The molecule has 20 heavy (non-hydrogen) atoms. The highest BCUT2D eigenvalue weighted by atomic mass is 16.1. The largest absolute Gasteiger partial charge is 0.348 e. The van der Waals surface area contributed by atoms with Crippen LogP contribution in [0.25, 0.3) is 10.9 Å². The Morgan fingerprint density at radius 1 is 1.35 bits per heavy atom. The molecule has 5 heteroatoms. The lowest BCUT2D eigenvalue weighted by Gasteiger charge is -2.44. The summed E-state index contributed by atoms with van der Waals surface area (Å²) >= 11 is 0. The zero-order valence-corrected chi connectivity index (χ0v) is 11.3. The standard InChI is InChI=1S/C15H18N4O/c20-15(11-1-2-12-8-16-18-13(12)7-11)17-14-9-19-5-3-10(14)4-6-19/h1-2,7-8,10,14H,3-6,9H2,(H,16,18)(H,17,20). The van der Waals surface area contributed by atoms with Crippen LogP contribution in [0.5, 0.6) is 0 Å². The molecule has 2 N–H and O–H groups in total. The molecule has 2 bridgehead atoms. The number of carbonyl (C=O) groups excluding carboxylic acids is 1. The molecule has 0 radical (unpaired) electrons. The number of hydrogen-bond donors (Lipinski definition) is 2. The molecule has 1 aromatic heterocycles. The highest BCUT2D eigenvalue weighted by Gasteiger charge is 2.34. The number of aromatic amines is 1. The Kier molecular flexibility index (Phi) is 2.73. The number of amides is 1. The summed E-state index contributed by atoms with van der Waals surface area (Å²) in [6.07, 6.45) is 4.19. The van der Waals surface area contributed by atoms with Crippen LogP contribution < -0.4 is 5.32 Å². The Bertz CT molecular complexity index is 642. The lowest BCUT2D eigenvalue weighted by Crippen LogP contribution is -2.57. The van der Waals surface area contributed by atoms with Crippen molar-refractivity contribution in [3.8, 4) is 0 Å². The van der Waals surface area contributed by atoms with Crippen LogP contribution in [-0.2, 0) is 0 Å². The van der Waals surface area contributed by atoms with Crippen molar-refractivity contribution in [2.75, 3.05) is 19.6 Å². The molecule has 0 saturated carbocycles. The van der Waals surface area contributed by atoms with E-state index in [2.05, 4.69) is 20.4 Å². The van der Waals surface area contributed by atoms with Crippen LogP contribution in [0.4, 0.5) is 0 Å². The van der Waals surface area contributed by atoms with E-state index in [-0.39, 0.29) is 5.91 Å². The third kappa shape index (κ3) is 1.98. The number of hydrogen-bond acceptors (Lipinski definition) is 3. The zero-order valence-electron chi connectivity index (χ0n) is 11.3. The molecule has 104 valence electrons. The first-order valence-corrected chi connectivity index (χ1v) is 7.26. The van der Waals surface area contributed by atoms with Gasteiger partial charge in [-0.15, -0.1) is 0 Å². The van der Waals surface area contributed by atoms with E-state index in [4.69, 9.17) is 0 Å². The molecule has 3 aliphatic rings. The van der Waals surface area contributed by atoms with E-state index in [1.54, 1.807) is 6.20 Å². The highest BCUT2D eigenvalue weighted by Crippen LogP contribution is 2.27. The average molecular weight is 270 g/mol. The van der Waals surface area contributed by atoms with Crippen LogP contribution >= 0.6 is 0 Å². The van der Waals surface area contributed by atoms with Crippen LogP contribution in [0.3, 0.4) is 0 Å². The first-order valence-electron chi connectivity index (χ1n) is 7.26. The number of aromatic nitrogens is 2. The second kappa shape index (κ2) is 4.59. The van der Waals surface area contributed by atoms with Crippen molar-refractivity contribution in [3.63, 3.8) is 0 Å². The van der Waals surface area contributed by atoms with Gasteiger partial charge in [0.05, 0.1) is 11.7 Å². The lowest BCUT2D eigenvalue weighted by molar-refractivity contribution is 0.0620. The Morgan fingerprint density at radius 3 is 2.95 bits per heavy atom. The Balaban J connectivity index is 1.52. The van der Waals surface area contributed by atoms with Gasteiger partial charge in [0, 0.05) is 23.5 Å². The summed E-state index contributed by atoms with van der Waals surface area (Å²) in [7, 11) is 0. The summed E-state index contributed by atoms with van der Waals surface area (Å²) in [4.78, 5) is 14.8. The van der Waals surface area contributed by atoms with E-state index < -0.39 is 0 Å². The van der Waals surface area contributed by atoms with Crippen molar-refractivity contribution in [1.29, 1.82) is 0 Å². The SMILES string of the molecule is O=C(NC1CN2CCC1CC2)c1ccc2cn[nH]c2c1. The van der Waals surface area contributed by atoms with Crippen molar-refractivity contribution < 1.29 is 4.79 Å². The fourth-order valence-electron chi connectivity index (χ4n) is 3.46. The van der Waals surface area contributed by atoms with Crippen LogP contribution in [0.1, 0.15) is 23.2 Å². The number of benzene rings is 1. The predicted molar refractivity (Wildman–Crippen MR) is 76.5 cm³/mol. The van der Waals surface area contributed by atoms with E-state index in [1.807, 2.05) is 18.2 Å². The number of H-pyrrole nitrogens is 1. The quantitative estimate of drug-likeness (QED) is 0.867. The lowest BCUT2D eigenvalue weighted by atomic mass is 9.84. The molecule has 1 unspecified atom stereocenters. The van der Waals surface area contributed by atoms with Gasteiger partial charge >= 0.3 is 0 Å². The summed E-state index contributed by atoms with van der Waals surface area (Å²) in [6.45, 7) is 3.39. The molecule has 5 nitrogen and oxygen atoms in total. The molecule has 3 aliphatic heterocycles. The number of nitrogens with zero attached hydrogens (tertiary/aromatic N) is 2. The van der Waals surface area contributed by atoms with Gasteiger partial charge in [0.2, 0.25) is 0 Å². The minimum atomic E-state index is 0.0280. The number of carbonyl (C=O) groups is 1. The topological polar surface area (TPSA) is 61.0 Å². The van der Waals surface area contributed by atoms with Gasteiger partial charge in [0.15, 0.2) is 0 Å². The smallest absolute Gasteiger partial charge is 0.251 e. The maximum absolute atomic E-state index is 12.4.